The van der Waals surface area contributed by atoms with Crippen LogP contribution in [0.3, 0.4) is 0 Å². The molecule has 11 heteroatoms. The fourth-order valence-electron chi connectivity index (χ4n) is 3.19. The zero-order chi connectivity index (χ0) is 22.6. The molecule has 2 rings (SSSR count). The standard InChI is InChI=1S/C19H28N4O7/c1-19(2,3)30-18(26)21-12-10-22(7-6-14(12)24)17(25)11-8-13(23(27)28)16(20-4)15(9-11)29-5/h8-9,12,14,20,24H,6-7,10H2,1-5H3,(H,21,26). The highest BCUT2D eigenvalue weighted by Crippen LogP contribution is 2.36. The number of carbonyl (C=O) groups excluding carboxylic acids is 2. The highest BCUT2D eigenvalue weighted by molar-refractivity contribution is 5.97. The number of ether oxygens (including phenoxy) is 2. The molecule has 1 saturated heterocycles. The smallest absolute Gasteiger partial charge is 0.408 e. The van der Waals surface area contributed by atoms with Crippen molar-refractivity contribution in [3.05, 3.63) is 27.8 Å². The van der Waals surface area contributed by atoms with Crippen molar-refractivity contribution in [1.29, 1.82) is 0 Å². The van der Waals surface area contributed by atoms with Gasteiger partial charge in [-0.2, -0.15) is 0 Å². The molecule has 30 heavy (non-hydrogen) atoms. The molecule has 1 aliphatic heterocycles. The molecule has 1 aliphatic rings. The van der Waals surface area contributed by atoms with E-state index in [9.17, 15) is 24.8 Å². The molecule has 2 unspecified atom stereocenters. The molecule has 1 aromatic rings. The Balaban J connectivity index is 2.23. The van der Waals surface area contributed by atoms with Gasteiger partial charge in [0.2, 0.25) is 0 Å². The predicted octanol–water partition coefficient (Wildman–Crippen LogP) is 1.75. The molecule has 0 bridgehead atoms. The number of rotatable bonds is 5. The second-order valence-electron chi connectivity index (χ2n) is 7.94. The third-order valence-electron chi connectivity index (χ3n) is 4.56. The van der Waals surface area contributed by atoms with Crippen LogP contribution in [0.5, 0.6) is 5.75 Å². The van der Waals surface area contributed by atoms with Gasteiger partial charge >= 0.3 is 6.09 Å². The number of aliphatic hydroxyl groups excluding tert-OH is 1. The van der Waals surface area contributed by atoms with Gasteiger partial charge in [-0.15, -0.1) is 0 Å². The molecule has 166 valence electrons. The van der Waals surface area contributed by atoms with E-state index in [1.165, 1.54) is 31.2 Å². The lowest BCUT2D eigenvalue weighted by atomic mass is 10.0. The van der Waals surface area contributed by atoms with Gasteiger partial charge in [-0.3, -0.25) is 14.9 Å². The topological polar surface area (TPSA) is 143 Å². The number of nitrogens with one attached hydrogen (secondary N) is 2. The number of aliphatic hydroxyl groups is 1. The molecule has 0 aromatic heterocycles. The van der Waals surface area contributed by atoms with Gasteiger partial charge in [-0.25, -0.2) is 4.79 Å². The molecule has 11 nitrogen and oxygen atoms in total. The Kier molecular flexibility index (Phi) is 7.08. The quantitative estimate of drug-likeness (QED) is 0.479. The highest BCUT2D eigenvalue weighted by atomic mass is 16.6. The molecule has 1 aromatic carbocycles. The summed E-state index contributed by atoms with van der Waals surface area (Å²) < 4.78 is 10.4. The number of methoxy groups -OCH3 is 1. The fourth-order valence-corrected chi connectivity index (χ4v) is 3.19. The Morgan fingerprint density at radius 2 is 2.00 bits per heavy atom. The summed E-state index contributed by atoms with van der Waals surface area (Å²) in [6.45, 7) is 5.41. The first-order valence-corrected chi connectivity index (χ1v) is 9.48. The molecule has 0 aliphatic carbocycles. The third-order valence-corrected chi connectivity index (χ3v) is 4.56. The Hall–Kier alpha value is -3.08. The Bertz CT molecular complexity index is 822. The first kappa shape index (κ1) is 23.2. The lowest BCUT2D eigenvalue weighted by Crippen LogP contribution is -2.57. The monoisotopic (exact) mass is 424 g/mol. The summed E-state index contributed by atoms with van der Waals surface area (Å²) in [6, 6.07) is 1.87. The first-order valence-electron chi connectivity index (χ1n) is 9.48. The number of nitro benzene ring substituents is 1. The van der Waals surface area contributed by atoms with Crippen LogP contribution in [0.4, 0.5) is 16.2 Å². The van der Waals surface area contributed by atoms with Gasteiger partial charge in [-0.1, -0.05) is 0 Å². The van der Waals surface area contributed by atoms with Gasteiger partial charge in [0.05, 0.1) is 29.7 Å². The summed E-state index contributed by atoms with van der Waals surface area (Å²) in [5.74, 6) is -0.308. The highest BCUT2D eigenvalue weighted by Gasteiger charge is 2.34. The lowest BCUT2D eigenvalue weighted by molar-refractivity contribution is -0.384. The normalized spacial score (nSPS) is 19.1. The zero-order valence-electron chi connectivity index (χ0n) is 17.7. The fraction of sp³-hybridized carbons (Fsp3) is 0.579. The number of alkyl carbamates (subject to hydrolysis) is 1. The second-order valence-corrected chi connectivity index (χ2v) is 7.94. The summed E-state index contributed by atoms with van der Waals surface area (Å²) >= 11 is 0. The van der Waals surface area contributed by atoms with Crippen LogP contribution >= 0.6 is 0 Å². The van der Waals surface area contributed by atoms with Gasteiger partial charge in [0.15, 0.2) is 5.69 Å². The summed E-state index contributed by atoms with van der Waals surface area (Å²) in [4.78, 5) is 37.3. The number of nitro groups is 1. The average molecular weight is 424 g/mol. The molecule has 2 atom stereocenters. The van der Waals surface area contributed by atoms with E-state index in [2.05, 4.69) is 10.6 Å². The Morgan fingerprint density at radius 1 is 1.33 bits per heavy atom. The van der Waals surface area contributed by atoms with Crippen LogP contribution in [0.2, 0.25) is 0 Å². The number of carbonyl (C=O) groups is 2. The van der Waals surface area contributed by atoms with Crippen LogP contribution in [-0.4, -0.2) is 71.9 Å². The van der Waals surface area contributed by atoms with Crippen molar-refractivity contribution in [2.24, 2.45) is 0 Å². The van der Waals surface area contributed by atoms with Gasteiger partial charge in [0.1, 0.15) is 11.4 Å². The van der Waals surface area contributed by atoms with Crippen LogP contribution < -0.4 is 15.4 Å². The van der Waals surface area contributed by atoms with E-state index in [0.717, 1.165) is 0 Å². The Morgan fingerprint density at radius 3 is 2.53 bits per heavy atom. The molecule has 1 heterocycles. The molecule has 1 fully saturated rings. The number of likely N-dealkylation sites (tertiary alicyclic amines) is 1. The second kappa shape index (κ2) is 9.16. The van der Waals surface area contributed by atoms with Gasteiger partial charge in [0, 0.05) is 26.2 Å². The molecular weight excluding hydrogens is 396 g/mol. The number of anilines is 1. The van der Waals surface area contributed by atoms with Gasteiger partial charge in [-0.05, 0) is 33.3 Å². The van der Waals surface area contributed by atoms with Gasteiger partial charge in [0.25, 0.3) is 11.6 Å². The Labute approximate surface area is 174 Å². The SMILES string of the molecule is CNc1c(OC)cc(C(=O)N2CCC(O)C(NC(=O)OC(C)(C)C)C2)cc1[N+](=O)[O-]. The van der Waals surface area contributed by atoms with Gasteiger partial charge < -0.3 is 30.1 Å². The van der Waals surface area contributed by atoms with E-state index in [1.807, 2.05) is 0 Å². The maximum absolute atomic E-state index is 13.0. The maximum Gasteiger partial charge on any atom is 0.408 e. The number of hydrogen-bond donors (Lipinski definition) is 3. The minimum atomic E-state index is -0.850. The van der Waals surface area contributed by atoms with Crippen molar-refractivity contribution in [2.45, 2.75) is 44.9 Å². The summed E-state index contributed by atoms with van der Waals surface area (Å²) in [6.07, 6.45) is -1.31. The van der Waals surface area contributed by atoms with Crippen molar-refractivity contribution in [3.63, 3.8) is 0 Å². The molecular formula is C19H28N4O7. The van der Waals surface area contributed by atoms with Crippen LogP contribution in [0, 0.1) is 10.1 Å². The minimum absolute atomic E-state index is 0.0309. The minimum Gasteiger partial charge on any atom is -0.494 e. The lowest BCUT2D eigenvalue weighted by Gasteiger charge is -2.36. The summed E-state index contributed by atoms with van der Waals surface area (Å²) in [5.41, 5.74) is -0.757. The van der Waals surface area contributed by atoms with Crippen molar-refractivity contribution >= 4 is 23.4 Å². The number of nitrogens with zero attached hydrogens (tertiary/aromatic N) is 2. The van der Waals surface area contributed by atoms with Crippen LogP contribution in [0.25, 0.3) is 0 Å². The van der Waals surface area contributed by atoms with Crippen LogP contribution in [0.15, 0.2) is 12.1 Å². The zero-order valence-corrected chi connectivity index (χ0v) is 17.7. The number of piperidine rings is 1. The third kappa shape index (κ3) is 5.50. The molecule has 0 radical (unpaired) electrons. The molecule has 3 N–H and O–H groups in total. The van der Waals surface area contributed by atoms with Crippen molar-refractivity contribution in [2.75, 3.05) is 32.6 Å². The number of amides is 2. The van der Waals surface area contributed by atoms with Crippen molar-refractivity contribution < 1.29 is 29.1 Å². The molecule has 2 amide bonds. The molecule has 0 saturated carbocycles. The predicted molar refractivity (Wildman–Crippen MR) is 109 cm³/mol. The van der Waals surface area contributed by atoms with E-state index in [1.54, 1.807) is 20.8 Å². The van der Waals surface area contributed by atoms with Crippen molar-refractivity contribution in [1.82, 2.24) is 10.2 Å². The van der Waals surface area contributed by atoms with Crippen LogP contribution in [-0.2, 0) is 4.74 Å². The summed E-state index contributed by atoms with van der Waals surface area (Å²) in [7, 11) is 2.87. The van der Waals surface area contributed by atoms with E-state index in [-0.39, 0.29) is 42.2 Å². The first-order chi connectivity index (χ1) is 14.0. The van der Waals surface area contributed by atoms with E-state index in [4.69, 9.17) is 9.47 Å². The van der Waals surface area contributed by atoms with E-state index in [0.29, 0.717) is 0 Å². The van der Waals surface area contributed by atoms with E-state index < -0.39 is 34.7 Å². The molecule has 0 spiro atoms. The largest absolute Gasteiger partial charge is 0.494 e. The van der Waals surface area contributed by atoms with E-state index >= 15 is 0 Å². The summed E-state index contributed by atoms with van der Waals surface area (Å²) in [5, 5.41) is 26.9. The number of hydrogen-bond acceptors (Lipinski definition) is 8. The average Bonchev–Trinajstić information content (AvgIpc) is 2.66. The maximum atomic E-state index is 13.0. The van der Waals surface area contributed by atoms with Crippen molar-refractivity contribution in [3.8, 4) is 5.75 Å². The van der Waals surface area contributed by atoms with Crippen LogP contribution in [0.1, 0.15) is 37.6 Å². The number of benzene rings is 1.